The van der Waals surface area contributed by atoms with Gasteiger partial charge in [-0.2, -0.15) is 0 Å². The first kappa shape index (κ1) is 27.8. The Morgan fingerprint density at radius 1 is 1.07 bits per heavy atom. The van der Waals surface area contributed by atoms with E-state index in [9.17, 15) is 18.4 Å². The molecule has 1 atom stereocenters. The van der Waals surface area contributed by atoms with Crippen LogP contribution in [0.3, 0.4) is 0 Å². The Labute approximate surface area is 245 Å². The number of amides is 1. The van der Waals surface area contributed by atoms with Gasteiger partial charge in [-0.3, -0.25) is 13.3 Å². The summed E-state index contributed by atoms with van der Waals surface area (Å²) in [6.07, 6.45) is 2.02. The van der Waals surface area contributed by atoms with Crippen LogP contribution in [-0.4, -0.2) is 32.3 Å². The van der Waals surface area contributed by atoms with Crippen molar-refractivity contribution in [2.24, 2.45) is 0 Å². The predicted octanol–water partition coefficient (Wildman–Crippen LogP) is 6.79. The lowest BCUT2D eigenvalue weighted by Gasteiger charge is -2.27. The maximum atomic E-state index is 13.3. The van der Waals surface area contributed by atoms with E-state index in [1.54, 1.807) is 6.92 Å². The molecule has 3 aromatic carbocycles. The van der Waals surface area contributed by atoms with Crippen LogP contribution in [0, 0.1) is 6.92 Å². The fourth-order valence-corrected chi connectivity index (χ4v) is 7.16. The predicted molar refractivity (Wildman–Crippen MR) is 161 cm³/mol. The van der Waals surface area contributed by atoms with E-state index in [0.717, 1.165) is 33.1 Å². The molecule has 0 saturated heterocycles. The van der Waals surface area contributed by atoms with Gasteiger partial charge >= 0.3 is 5.97 Å². The normalized spacial score (nSPS) is 11.8. The number of esters is 1. The topological polar surface area (TPSA) is 104 Å². The largest absolute Gasteiger partial charge is 0.755 e. The highest BCUT2D eigenvalue weighted by molar-refractivity contribution is 9.11. The number of nitrogens with zero attached hydrogens (tertiary/aromatic N) is 2. The second-order valence-corrected chi connectivity index (χ2v) is 12.0. The first-order valence-corrected chi connectivity index (χ1v) is 14.7. The van der Waals surface area contributed by atoms with Crippen molar-refractivity contribution < 1.29 is 23.1 Å². The van der Waals surface area contributed by atoms with E-state index in [2.05, 4.69) is 37.9 Å². The summed E-state index contributed by atoms with van der Waals surface area (Å²) < 4.78 is 33.0. The lowest BCUT2D eigenvalue weighted by molar-refractivity contribution is 0.0600. The summed E-state index contributed by atoms with van der Waals surface area (Å²) in [4.78, 5) is 25.5. The third-order valence-corrected chi connectivity index (χ3v) is 9.00. The van der Waals surface area contributed by atoms with Gasteiger partial charge in [0.1, 0.15) is 0 Å². The zero-order valence-electron chi connectivity index (χ0n) is 21.4. The minimum atomic E-state index is -2.70. The first-order valence-electron chi connectivity index (χ1n) is 12.1. The van der Waals surface area contributed by atoms with Gasteiger partial charge in [0.25, 0.3) is 5.91 Å². The number of anilines is 3. The molecule has 5 rings (SSSR count). The Hall–Kier alpha value is -3.77. The third kappa shape index (κ3) is 5.59. The van der Waals surface area contributed by atoms with Crippen LogP contribution in [0.4, 0.5) is 17.1 Å². The number of halogens is 1. The number of aromatic nitrogens is 1. The lowest BCUT2D eigenvalue weighted by atomic mass is 10.2. The molecule has 204 valence electrons. The molecule has 1 N–H and O–H groups in total. The van der Waals surface area contributed by atoms with Crippen LogP contribution in [0.2, 0.25) is 0 Å². The molecule has 0 aliphatic carbocycles. The van der Waals surface area contributed by atoms with Crippen molar-refractivity contribution in [2.75, 3.05) is 16.7 Å². The van der Waals surface area contributed by atoms with E-state index >= 15 is 0 Å². The summed E-state index contributed by atoms with van der Waals surface area (Å²) in [5, 5.41) is 3.93. The average molecular weight is 638 g/mol. The van der Waals surface area contributed by atoms with E-state index in [4.69, 9.17) is 4.74 Å². The number of hydrogen-bond donors (Lipinski definition) is 1. The third-order valence-electron chi connectivity index (χ3n) is 6.38. The zero-order valence-corrected chi connectivity index (χ0v) is 24.6. The highest BCUT2D eigenvalue weighted by Crippen LogP contribution is 2.43. The van der Waals surface area contributed by atoms with E-state index in [1.807, 2.05) is 48.7 Å². The van der Waals surface area contributed by atoms with Crippen LogP contribution in [0.1, 0.15) is 31.2 Å². The molecule has 0 fully saturated rings. The molecule has 40 heavy (non-hydrogen) atoms. The van der Waals surface area contributed by atoms with Crippen LogP contribution in [0.25, 0.3) is 10.9 Å². The first-order chi connectivity index (χ1) is 19.3. The number of fused-ring (bicyclic) bond motifs is 1. The van der Waals surface area contributed by atoms with Crippen molar-refractivity contribution in [3.63, 3.8) is 0 Å². The molecule has 1 unspecified atom stereocenters. The smallest absolute Gasteiger partial charge is 0.337 e. The van der Waals surface area contributed by atoms with Crippen molar-refractivity contribution in [1.82, 2.24) is 4.57 Å². The van der Waals surface area contributed by atoms with E-state index in [1.165, 1.54) is 36.9 Å². The maximum Gasteiger partial charge on any atom is 0.337 e. The molecule has 8 nitrogen and oxygen atoms in total. The quantitative estimate of drug-likeness (QED) is 0.149. The molecule has 11 heteroatoms. The van der Waals surface area contributed by atoms with Crippen molar-refractivity contribution in [3.05, 3.63) is 110 Å². The number of nitrogens with one attached hydrogen (secondary N) is 1. The molecular formula is C29H23BrN3O5S2-. The molecule has 0 aliphatic heterocycles. The van der Waals surface area contributed by atoms with Gasteiger partial charge in [-0.25, -0.2) is 4.79 Å². The second-order valence-electron chi connectivity index (χ2n) is 8.89. The highest BCUT2D eigenvalue weighted by atomic mass is 79.9. The summed E-state index contributed by atoms with van der Waals surface area (Å²) in [6.45, 7) is 2.44. The van der Waals surface area contributed by atoms with Gasteiger partial charge in [0.05, 0.1) is 44.0 Å². The fraction of sp³-hybridized carbons (Fsp3) is 0.103. The molecule has 0 spiro atoms. The van der Waals surface area contributed by atoms with Crippen molar-refractivity contribution in [3.8, 4) is 0 Å². The molecule has 0 aliphatic rings. The maximum absolute atomic E-state index is 13.3. The van der Waals surface area contributed by atoms with Gasteiger partial charge < -0.3 is 19.2 Å². The van der Waals surface area contributed by atoms with E-state index in [0.29, 0.717) is 31.3 Å². The Kier molecular flexibility index (Phi) is 8.17. The number of benzene rings is 3. The number of rotatable bonds is 8. The Morgan fingerprint density at radius 2 is 1.80 bits per heavy atom. The number of ether oxygens (including phenoxy) is 1. The summed E-state index contributed by atoms with van der Waals surface area (Å²) in [5.41, 5.74) is 4.28. The molecule has 2 heterocycles. The van der Waals surface area contributed by atoms with Crippen LogP contribution in [-0.2, 0) is 22.5 Å². The number of thiophene rings is 1. The highest BCUT2D eigenvalue weighted by Gasteiger charge is 2.25. The van der Waals surface area contributed by atoms with Crippen molar-refractivity contribution in [1.29, 1.82) is 0 Å². The van der Waals surface area contributed by atoms with Gasteiger partial charge in [0.15, 0.2) is 0 Å². The standard InChI is InChI=1S/C29H24BrN3O5S2/c1-18-25(33(40(36)37)23-11-8-20(9-12-23)29(35)38-2)27(30)39-26(18)28(34)31-22-10-13-24-21(16-22)14-15-32(24)17-19-6-4-3-5-7-19/h3-16H,17H2,1-2H3,(H,31,34)(H,36,37)/p-1. The Morgan fingerprint density at radius 3 is 2.48 bits per heavy atom. The van der Waals surface area contributed by atoms with E-state index in [-0.39, 0.29) is 11.5 Å². The van der Waals surface area contributed by atoms with Crippen LogP contribution in [0.15, 0.2) is 88.8 Å². The molecular weight excluding hydrogens is 614 g/mol. The zero-order chi connectivity index (χ0) is 28.4. The van der Waals surface area contributed by atoms with Crippen molar-refractivity contribution >= 4 is 78.4 Å². The lowest BCUT2D eigenvalue weighted by Crippen LogP contribution is -2.21. The average Bonchev–Trinajstić information content (AvgIpc) is 3.48. The second kappa shape index (κ2) is 11.8. The van der Waals surface area contributed by atoms with Gasteiger partial charge in [-0.15, -0.1) is 11.3 Å². The number of methoxy groups -OCH3 is 1. The number of carbonyl (C=O) groups is 2. The van der Waals surface area contributed by atoms with Gasteiger partial charge in [0.2, 0.25) is 0 Å². The minimum absolute atomic E-state index is 0.288. The van der Waals surface area contributed by atoms with Crippen LogP contribution >= 0.6 is 27.3 Å². The summed E-state index contributed by atoms with van der Waals surface area (Å²) >= 11 is 1.89. The van der Waals surface area contributed by atoms with Crippen molar-refractivity contribution in [2.45, 2.75) is 13.5 Å². The fourth-order valence-electron chi connectivity index (χ4n) is 4.44. The minimum Gasteiger partial charge on any atom is -0.755 e. The monoisotopic (exact) mass is 636 g/mol. The number of carbonyl (C=O) groups excluding carboxylic acids is 2. The molecule has 0 saturated carbocycles. The van der Waals surface area contributed by atoms with Crippen LogP contribution in [0.5, 0.6) is 0 Å². The van der Waals surface area contributed by atoms with Gasteiger partial charge in [-0.05, 0) is 82.5 Å². The number of hydrogen-bond acceptors (Lipinski definition) is 6. The Balaban J connectivity index is 1.39. The molecule has 5 aromatic rings. The molecule has 0 bridgehead atoms. The van der Waals surface area contributed by atoms with Gasteiger partial charge in [-0.1, -0.05) is 30.3 Å². The summed E-state index contributed by atoms with van der Waals surface area (Å²) in [6, 6.07) is 23.9. The summed E-state index contributed by atoms with van der Waals surface area (Å²) in [7, 11) is 1.27. The van der Waals surface area contributed by atoms with E-state index < -0.39 is 17.2 Å². The van der Waals surface area contributed by atoms with Gasteiger partial charge in [0, 0.05) is 29.3 Å². The molecule has 2 aromatic heterocycles. The SMILES string of the molecule is COC(=O)c1ccc(N(c2c(Br)sc(C(=O)Nc3ccc4c(ccn4Cc4ccccc4)c3)c2C)S(=O)[O-])cc1. The molecule has 1 amide bonds. The summed E-state index contributed by atoms with van der Waals surface area (Å²) in [5.74, 6) is -0.880. The molecule has 0 radical (unpaired) electrons. The Bertz CT molecular complexity index is 1730. The van der Waals surface area contributed by atoms with Crippen LogP contribution < -0.4 is 9.62 Å².